The second-order valence-electron chi connectivity index (χ2n) is 4.81. The van der Waals surface area contributed by atoms with Crippen molar-refractivity contribution in [3.8, 4) is 11.3 Å². The molecule has 4 N–H and O–H groups in total. The number of nitrogens with zero attached hydrogens (tertiary/aromatic N) is 1. The number of nitrogens with two attached hydrogens (primary N) is 1. The molecule has 124 valence electrons. The fraction of sp³-hybridized carbons (Fsp3) is 0. The average molecular weight is 384 g/mol. The predicted molar refractivity (Wildman–Crippen MR) is 100 cm³/mol. The van der Waals surface area contributed by atoms with Gasteiger partial charge in [0.25, 0.3) is 5.91 Å². The van der Waals surface area contributed by atoms with Crippen LogP contribution >= 0.6 is 35.6 Å². The molecule has 1 heterocycles. The molecule has 0 atom stereocenters. The first-order chi connectivity index (χ1) is 11.0. The SMILES string of the molecule is Cl.Nc1ncc(-c2ccc(NC(=O)c3cccc(Cl)c3Cl)cc2)[nH]1. The second-order valence-corrected chi connectivity index (χ2v) is 5.60. The number of anilines is 2. The first-order valence-electron chi connectivity index (χ1n) is 6.71. The number of hydrogen-bond acceptors (Lipinski definition) is 3. The van der Waals surface area contributed by atoms with Crippen molar-refractivity contribution in [3.05, 3.63) is 64.3 Å². The third-order valence-corrected chi connectivity index (χ3v) is 4.06. The van der Waals surface area contributed by atoms with E-state index in [2.05, 4.69) is 15.3 Å². The van der Waals surface area contributed by atoms with Gasteiger partial charge in [-0.1, -0.05) is 41.4 Å². The van der Waals surface area contributed by atoms with Crippen molar-refractivity contribution in [2.24, 2.45) is 0 Å². The van der Waals surface area contributed by atoms with Crippen LogP contribution in [0.2, 0.25) is 10.0 Å². The highest BCUT2D eigenvalue weighted by atomic mass is 35.5. The number of aromatic nitrogens is 2. The molecule has 3 aromatic rings. The molecule has 0 aliphatic rings. The molecule has 3 rings (SSSR count). The number of nitrogen functional groups attached to an aromatic ring is 1. The van der Waals surface area contributed by atoms with Crippen LogP contribution in [0.5, 0.6) is 0 Å². The minimum absolute atomic E-state index is 0. The Bertz CT molecular complexity index is 862. The zero-order valence-corrected chi connectivity index (χ0v) is 14.5. The third-order valence-electron chi connectivity index (χ3n) is 3.25. The highest BCUT2D eigenvalue weighted by Crippen LogP contribution is 2.26. The van der Waals surface area contributed by atoms with Gasteiger partial charge in [0, 0.05) is 5.69 Å². The highest BCUT2D eigenvalue weighted by molar-refractivity contribution is 6.44. The Hall–Kier alpha value is -2.21. The number of aromatic amines is 1. The van der Waals surface area contributed by atoms with E-state index in [-0.39, 0.29) is 23.3 Å². The Labute approximate surface area is 154 Å². The van der Waals surface area contributed by atoms with Gasteiger partial charge in [0.15, 0.2) is 5.95 Å². The lowest BCUT2D eigenvalue weighted by Gasteiger charge is -2.08. The standard InChI is InChI=1S/C16H12Cl2N4O.ClH/c17-12-3-1-2-11(14(12)18)15(23)21-10-6-4-9(5-7-10)13-8-20-16(19)22-13;/h1-8H,(H,21,23)(H3,19,20,22);1H. The van der Waals surface area contributed by atoms with Gasteiger partial charge in [-0.25, -0.2) is 4.98 Å². The number of rotatable bonds is 3. The van der Waals surface area contributed by atoms with E-state index in [0.717, 1.165) is 11.3 Å². The first kappa shape index (κ1) is 18.1. The van der Waals surface area contributed by atoms with Gasteiger partial charge in [-0.2, -0.15) is 0 Å². The monoisotopic (exact) mass is 382 g/mol. The fourth-order valence-corrected chi connectivity index (χ4v) is 2.48. The summed E-state index contributed by atoms with van der Waals surface area (Å²) in [5, 5.41) is 3.35. The zero-order chi connectivity index (χ0) is 16.4. The van der Waals surface area contributed by atoms with Gasteiger partial charge in [0.2, 0.25) is 0 Å². The summed E-state index contributed by atoms with van der Waals surface area (Å²) >= 11 is 12.0. The predicted octanol–water partition coefficient (Wildman–Crippen LogP) is 4.64. The van der Waals surface area contributed by atoms with Crippen LogP contribution < -0.4 is 11.1 Å². The molecular formula is C16H13Cl3N4O. The van der Waals surface area contributed by atoms with Crippen LogP contribution in [0.1, 0.15) is 10.4 Å². The number of carbonyl (C=O) groups is 1. The summed E-state index contributed by atoms with van der Waals surface area (Å²) in [6.45, 7) is 0. The van der Waals surface area contributed by atoms with Gasteiger partial charge < -0.3 is 16.0 Å². The maximum Gasteiger partial charge on any atom is 0.257 e. The van der Waals surface area contributed by atoms with Crippen molar-refractivity contribution in [3.63, 3.8) is 0 Å². The Kier molecular flexibility index (Phi) is 5.72. The molecule has 0 unspecified atom stereocenters. The number of benzene rings is 2. The van der Waals surface area contributed by atoms with Crippen LogP contribution in [0.15, 0.2) is 48.7 Å². The Morgan fingerprint density at radius 2 is 1.83 bits per heavy atom. The van der Waals surface area contributed by atoms with Crippen LogP contribution in [-0.4, -0.2) is 15.9 Å². The number of halogens is 3. The molecule has 0 fully saturated rings. The minimum atomic E-state index is -0.323. The Morgan fingerprint density at radius 1 is 1.12 bits per heavy atom. The average Bonchev–Trinajstić information content (AvgIpc) is 2.97. The van der Waals surface area contributed by atoms with Crippen LogP contribution in [0.25, 0.3) is 11.3 Å². The van der Waals surface area contributed by atoms with Crippen molar-refractivity contribution in [2.75, 3.05) is 11.1 Å². The summed E-state index contributed by atoms with van der Waals surface area (Å²) in [6, 6.07) is 12.2. The molecule has 5 nitrogen and oxygen atoms in total. The molecule has 0 spiro atoms. The first-order valence-corrected chi connectivity index (χ1v) is 7.46. The number of imidazole rings is 1. The van der Waals surface area contributed by atoms with E-state index in [4.69, 9.17) is 28.9 Å². The van der Waals surface area contributed by atoms with Crippen molar-refractivity contribution >= 4 is 53.2 Å². The fourth-order valence-electron chi connectivity index (χ4n) is 2.09. The van der Waals surface area contributed by atoms with E-state index >= 15 is 0 Å². The maximum atomic E-state index is 12.3. The van der Waals surface area contributed by atoms with E-state index in [9.17, 15) is 4.79 Å². The van der Waals surface area contributed by atoms with E-state index in [1.54, 1.807) is 36.5 Å². The molecule has 1 aromatic heterocycles. The molecule has 0 bridgehead atoms. The molecule has 0 aliphatic carbocycles. The van der Waals surface area contributed by atoms with Crippen molar-refractivity contribution in [1.82, 2.24) is 9.97 Å². The van der Waals surface area contributed by atoms with Gasteiger partial charge in [-0.15, -0.1) is 12.4 Å². The van der Waals surface area contributed by atoms with Crippen molar-refractivity contribution in [2.45, 2.75) is 0 Å². The molecule has 0 radical (unpaired) electrons. The molecule has 0 aliphatic heterocycles. The van der Waals surface area contributed by atoms with Crippen molar-refractivity contribution in [1.29, 1.82) is 0 Å². The van der Waals surface area contributed by atoms with E-state index < -0.39 is 0 Å². The summed E-state index contributed by atoms with van der Waals surface area (Å²) in [5.74, 6) is 0.0315. The zero-order valence-electron chi connectivity index (χ0n) is 12.2. The highest BCUT2D eigenvalue weighted by Gasteiger charge is 2.12. The molecule has 0 saturated heterocycles. The summed E-state index contributed by atoms with van der Waals surface area (Å²) in [5.41, 5.74) is 8.23. The number of carbonyl (C=O) groups excluding carboxylic acids is 1. The Morgan fingerprint density at radius 3 is 2.46 bits per heavy atom. The van der Waals surface area contributed by atoms with Crippen LogP contribution in [0, 0.1) is 0 Å². The number of H-pyrrole nitrogens is 1. The largest absolute Gasteiger partial charge is 0.369 e. The lowest BCUT2D eigenvalue weighted by Crippen LogP contribution is -2.12. The maximum absolute atomic E-state index is 12.3. The molecule has 1 amide bonds. The third kappa shape index (κ3) is 3.82. The second kappa shape index (κ2) is 7.57. The van der Waals surface area contributed by atoms with Crippen molar-refractivity contribution < 1.29 is 4.79 Å². The molecule has 0 saturated carbocycles. The molecule has 24 heavy (non-hydrogen) atoms. The smallest absolute Gasteiger partial charge is 0.257 e. The summed E-state index contributed by atoms with van der Waals surface area (Å²) in [6.07, 6.45) is 1.65. The van der Waals surface area contributed by atoms with E-state index in [1.807, 2.05) is 12.1 Å². The number of amides is 1. The molecule has 2 aromatic carbocycles. The van der Waals surface area contributed by atoms with Crippen LogP contribution in [-0.2, 0) is 0 Å². The van der Waals surface area contributed by atoms with E-state index in [1.165, 1.54) is 0 Å². The summed E-state index contributed by atoms with van der Waals surface area (Å²) in [4.78, 5) is 19.1. The van der Waals surface area contributed by atoms with Gasteiger partial charge >= 0.3 is 0 Å². The quantitative estimate of drug-likeness (QED) is 0.616. The van der Waals surface area contributed by atoms with Crippen LogP contribution in [0.4, 0.5) is 11.6 Å². The lowest BCUT2D eigenvalue weighted by molar-refractivity contribution is 0.102. The minimum Gasteiger partial charge on any atom is -0.369 e. The molecular weight excluding hydrogens is 371 g/mol. The van der Waals surface area contributed by atoms with Gasteiger partial charge in [0.1, 0.15) is 0 Å². The number of hydrogen-bond donors (Lipinski definition) is 3. The van der Waals surface area contributed by atoms with Gasteiger partial charge in [-0.3, -0.25) is 4.79 Å². The normalized spacial score (nSPS) is 10.1. The topological polar surface area (TPSA) is 83.8 Å². The van der Waals surface area contributed by atoms with E-state index in [0.29, 0.717) is 22.2 Å². The van der Waals surface area contributed by atoms with Crippen LogP contribution in [0.3, 0.4) is 0 Å². The lowest BCUT2D eigenvalue weighted by atomic mass is 10.1. The summed E-state index contributed by atoms with van der Waals surface area (Å²) in [7, 11) is 0. The molecule has 8 heteroatoms. The Balaban J connectivity index is 0.00000208. The van der Waals surface area contributed by atoms with Gasteiger partial charge in [-0.05, 0) is 29.8 Å². The number of nitrogens with one attached hydrogen (secondary N) is 2. The summed E-state index contributed by atoms with van der Waals surface area (Å²) < 4.78 is 0. The van der Waals surface area contributed by atoms with Gasteiger partial charge in [0.05, 0.1) is 27.5 Å².